The number of carboxylic acid groups (broad SMARTS) is 1. The summed E-state index contributed by atoms with van der Waals surface area (Å²) in [6.45, 7) is 1.44. The van der Waals surface area contributed by atoms with Crippen LogP contribution in [0.3, 0.4) is 0 Å². The standard InChI is InChI=1S/C4H8O3.C/c1-3(5)2-4(6)7;/h3,5H,2H2,1H3,(H,6,7);. The Kier molecular flexibility index (Phi) is 5.97. The highest BCUT2D eigenvalue weighted by Crippen LogP contribution is 1.85. The molecule has 0 fully saturated rings. The van der Waals surface area contributed by atoms with Crippen molar-refractivity contribution >= 4 is 5.97 Å². The van der Waals surface area contributed by atoms with Crippen molar-refractivity contribution < 1.29 is 15.0 Å². The molecule has 3 nitrogen and oxygen atoms in total. The smallest absolute Gasteiger partial charge is 0.305 e. The van der Waals surface area contributed by atoms with Gasteiger partial charge in [-0.05, 0) is 6.92 Å². The molecule has 0 aromatic carbocycles. The highest BCUT2D eigenvalue weighted by molar-refractivity contribution is 5.67. The normalized spacial score (nSPS) is 11.8. The fourth-order valence-electron chi connectivity index (χ4n) is 0.253. The van der Waals surface area contributed by atoms with Crippen molar-refractivity contribution in [3.05, 3.63) is 7.43 Å². The van der Waals surface area contributed by atoms with Crippen molar-refractivity contribution in [2.24, 2.45) is 0 Å². The van der Waals surface area contributed by atoms with Crippen LogP contribution in [0, 0.1) is 7.43 Å². The summed E-state index contributed by atoms with van der Waals surface area (Å²) in [4.78, 5) is 9.65. The van der Waals surface area contributed by atoms with Crippen LogP contribution in [0.2, 0.25) is 0 Å². The molecule has 0 aliphatic rings. The molecule has 0 aromatic rings. The average molecular weight is 116 g/mol. The van der Waals surface area contributed by atoms with Gasteiger partial charge < -0.3 is 10.2 Å². The quantitative estimate of drug-likeness (QED) is 0.530. The van der Waals surface area contributed by atoms with Crippen LogP contribution in [0.1, 0.15) is 13.3 Å². The molecular formula is C5H8O3. The van der Waals surface area contributed by atoms with Gasteiger partial charge in [0.1, 0.15) is 0 Å². The number of carboxylic acids is 1. The van der Waals surface area contributed by atoms with Gasteiger partial charge in [0.25, 0.3) is 0 Å². The molecule has 0 saturated carbocycles. The lowest BCUT2D eigenvalue weighted by atomic mass is 10.3. The number of aliphatic hydroxyl groups is 1. The Bertz CT molecular complexity index is 68.1. The van der Waals surface area contributed by atoms with Gasteiger partial charge in [0.05, 0.1) is 12.5 Å². The lowest BCUT2D eigenvalue weighted by Gasteiger charge is -1.94. The first-order valence-electron chi connectivity index (χ1n) is 2.03. The van der Waals surface area contributed by atoms with Crippen molar-refractivity contribution in [3.8, 4) is 0 Å². The maximum Gasteiger partial charge on any atom is 0.305 e. The van der Waals surface area contributed by atoms with Gasteiger partial charge >= 0.3 is 5.97 Å². The van der Waals surface area contributed by atoms with Crippen LogP contribution in [-0.4, -0.2) is 22.3 Å². The predicted octanol–water partition coefficient (Wildman–Crippen LogP) is -0.0768. The predicted molar refractivity (Wildman–Crippen MR) is 27.2 cm³/mol. The number of aliphatic carboxylic acids is 1. The second-order valence-electron chi connectivity index (χ2n) is 1.45. The third kappa shape index (κ3) is 9.06. The highest BCUT2D eigenvalue weighted by atomic mass is 16.4. The summed E-state index contributed by atoms with van der Waals surface area (Å²) in [7, 11) is 0. The van der Waals surface area contributed by atoms with E-state index in [4.69, 9.17) is 10.2 Å². The van der Waals surface area contributed by atoms with E-state index in [1.165, 1.54) is 6.92 Å². The highest BCUT2D eigenvalue weighted by Gasteiger charge is 2.00. The zero-order valence-corrected chi connectivity index (χ0v) is 4.59. The van der Waals surface area contributed by atoms with E-state index in [-0.39, 0.29) is 13.8 Å². The molecule has 2 N–H and O–H groups in total. The van der Waals surface area contributed by atoms with E-state index in [0.717, 1.165) is 0 Å². The van der Waals surface area contributed by atoms with E-state index in [1.54, 1.807) is 0 Å². The number of rotatable bonds is 2. The van der Waals surface area contributed by atoms with Crippen molar-refractivity contribution in [1.29, 1.82) is 0 Å². The van der Waals surface area contributed by atoms with Crippen LogP contribution in [0.5, 0.6) is 0 Å². The summed E-state index contributed by atoms with van der Waals surface area (Å²) in [5.41, 5.74) is 0. The number of aliphatic hydroxyl groups excluding tert-OH is 1. The lowest BCUT2D eigenvalue weighted by molar-refractivity contribution is -0.138. The van der Waals surface area contributed by atoms with Crippen molar-refractivity contribution in [2.45, 2.75) is 19.4 Å². The van der Waals surface area contributed by atoms with Gasteiger partial charge in [-0.2, -0.15) is 0 Å². The van der Waals surface area contributed by atoms with Crippen LogP contribution in [0.4, 0.5) is 0 Å². The van der Waals surface area contributed by atoms with Gasteiger partial charge in [-0.3, -0.25) is 4.79 Å². The summed E-state index contributed by atoms with van der Waals surface area (Å²) < 4.78 is 0. The van der Waals surface area contributed by atoms with Crippen LogP contribution >= 0.6 is 0 Å². The van der Waals surface area contributed by atoms with Gasteiger partial charge in [-0.25, -0.2) is 0 Å². The van der Waals surface area contributed by atoms with E-state index in [1.807, 2.05) is 0 Å². The van der Waals surface area contributed by atoms with Gasteiger partial charge in [0, 0.05) is 7.43 Å². The van der Waals surface area contributed by atoms with Crippen LogP contribution in [-0.2, 0) is 4.79 Å². The summed E-state index contributed by atoms with van der Waals surface area (Å²) >= 11 is 0. The third-order valence-electron chi connectivity index (χ3n) is 0.470. The molecule has 3 heteroatoms. The second-order valence-corrected chi connectivity index (χ2v) is 1.45. The largest absolute Gasteiger partial charge is 0.481 e. The first-order valence-corrected chi connectivity index (χ1v) is 2.03. The summed E-state index contributed by atoms with van der Waals surface area (Å²) in [5, 5.41) is 16.3. The number of carbonyl (C=O) groups is 1. The molecule has 0 saturated heterocycles. The molecule has 1 unspecified atom stereocenters. The Morgan fingerprint density at radius 2 is 2.12 bits per heavy atom. The minimum Gasteiger partial charge on any atom is -0.481 e. The van der Waals surface area contributed by atoms with Gasteiger partial charge in [-0.15, -0.1) is 0 Å². The van der Waals surface area contributed by atoms with Crippen LogP contribution in [0.15, 0.2) is 0 Å². The Morgan fingerprint density at radius 3 is 2.12 bits per heavy atom. The maximum atomic E-state index is 9.65. The van der Waals surface area contributed by atoms with E-state index >= 15 is 0 Å². The third-order valence-corrected chi connectivity index (χ3v) is 0.470. The Labute approximate surface area is 49.0 Å². The molecule has 0 aliphatic carbocycles. The lowest BCUT2D eigenvalue weighted by Crippen LogP contribution is -2.07. The minimum absolute atomic E-state index is 0. The Balaban J connectivity index is 0. The average Bonchev–Trinajstić information content (AvgIpc) is 1.27. The van der Waals surface area contributed by atoms with Crippen molar-refractivity contribution in [2.75, 3.05) is 0 Å². The second kappa shape index (κ2) is 4.59. The van der Waals surface area contributed by atoms with E-state index in [2.05, 4.69) is 0 Å². The number of hydrogen-bond donors (Lipinski definition) is 2. The molecule has 1 atom stereocenters. The van der Waals surface area contributed by atoms with E-state index in [0.29, 0.717) is 0 Å². The molecular weight excluding hydrogens is 108 g/mol. The SMILES string of the molecule is CC(O)CC(=O)O.[C]. The monoisotopic (exact) mass is 116 g/mol. The minimum atomic E-state index is -0.963. The molecule has 0 amide bonds. The van der Waals surface area contributed by atoms with Gasteiger partial charge in [-0.1, -0.05) is 0 Å². The fraction of sp³-hybridized carbons (Fsp3) is 0.600. The molecule has 0 aromatic heterocycles. The van der Waals surface area contributed by atoms with Crippen LogP contribution < -0.4 is 0 Å². The molecule has 0 spiro atoms. The molecule has 0 bridgehead atoms. The summed E-state index contributed by atoms with van der Waals surface area (Å²) in [6, 6.07) is 0. The van der Waals surface area contributed by atoms with Crippen molar-refractivity contribution in [3.63, 3.8) is 0 Å². The topological polar surface area (TPSA) is 57.5 Å². The van der Waals surface area contributed by atoms with Gasteiger partial charge in [0.15, 0.2) is 0 Å². The molecule has 8 heavy (non-hydrogen) atoms. The van der Waals surface area contributed by atoms with E-state index in [9.17, 15) is 4.79 Å². The Hall–Kier alpha value is -0.570. The van der Waals surface area contributed by atoms with Crippen LogP contribution in [0.25, 0.3) is 0 Å². The summed E-state index contributed by atoms with van der Waals surface area (Å²) in [6.07, 6.45) is -0.891. The molecule has 0 aliphatic heterocycles. The molecule has 46 valence electrons. The zero-order chi connectivity index (χ0) is 5.86. The summed E-state index contributed by atoms with van der Waals surface area (Å²) in [5.74, 6) is -0.963. The van der Waals surface area contributed by atoms with Gasteiger partial charge in [0.2, 0.25) is 0 Å². The number of hydrogen-bond acceptors (Lipinski definition) is 2. The van der Waals surface area contributed by atoms with Crippen molar-refractivity contribution in [1.82, 2.24) is 0 Å². The first-order chi connectivity index (χ1) is 3.13. The molecule has 0 heterocycles. The first kappa shape index (κ1) is 10.4. The molecule has 0 rings (SSSR count). The fourth-order valence-corrected chi connectivity index (χ4v) is 0.253. The molecule has 4 radical (unpaired) electrons. The van der Waals surface area contributed by atoms with E-state index < -0.39 is 12.1 Å². The Morgan fingerprint density at radius 1 is 1.75 bits per heavy atom. The zero-order valence-electron chi connectivity index (χ0n) is 4.59. The maximum absolute atomic E-state index is 9.65.